The van der Waals surface area contributed by atoms with E-state index >= 15 is 0 Å². The number of amides is 1. The third-order valence-electron chi connectivity index (χ3n) is 6.73. The summed E-state index contributed by atoms with van der Waals surface area (Å²) in [5.41, 5.74) is 3.52. The number of phenolic OH excluding ortho intramolecular Hbond substituents is 1. The molecule has 3 unspecified atom stereocenters. The minimum absolute atomic E-state index is 0.0495. The Balaban J connectivity index is 1.63. The molecule has 1 heterocycles. The van der Waals surface area contributed by atoms with E-state index in [0.717, 1.165) is 22.2 Å². The van der Waals surface area contributed by atoms with Gasteiger partial charge in [0.2, 0.25) is 10.0 Å². The van der Waals surface area contributed by atoms with Crippen molar-refractivity contribution in [1.82, 2.24) is 14.6 Å². The molecule has 0 spiro atoms. The molecule has 10 heteroatoms. The predicted molar refractivity (Wildman–Crippen MR) is 153 cm³/mol. The Labute approximate surface area is 233 Å². The van der Waals surface area contributed by atoms with Crippen LogP contribution in [0.15, 0.2) is 83.2 Å². The number of benzene rings is 3. The van der Waals surface area contributed by atoms with Gasteiger partial charge < -0.3 is 15.5 Å². The highest BCUT2D eigenvalue weighted by molar-refractivity contribution is 7.89. The van der Waals surface area contributed by atoms with E-state index in [4.69, 9.17) is 0 Å². The van der Waals surface area contributed by atoms with Gasteiger partial charge in [-0.15, -0.1) is 11.3 Å². The summed E-state index contributed by atoms with van der Waals surface area (Å²) >= 11 is 1.36. The second-order valence-electron chi connectivity index (χ2n) is 9.70. The number of phenols is 1. The van der Waals surface area contributed by atoms with Gasteiger partial charge in [0.25, 0.3) is 5.91 Å². The number of aromatic nitrogens is 1. The van der Waals surface area contributed by atoms with Crippen molar-refractivity contribution in [3.63, 3.8) is 0 Å². The number of hydrogen-bond acceptors (Lipinski definition) is 7. The Bertz CT molecular complexity index is 1510. The van der Waals surface area contributed by atoms with E-state index in [0.29, 0.717) is 0 Å². The number of aromatic hydroxyl groups is 1. The van der Waals surface area contributed by atoms with E-state index < -0.39 is 28.1 Å². The highest BCUT2D eigenvalue weighted by Crippen LogP contribution is 2.25. The van der Waals surface area contributed by atoms with Crippen LogP contribution in [0.5, 0.6) is 5.75 Å². The summed E-state index contributed by atoms with van der Waals surface area (Å²) < 4.78 is 29.7. The van der Waals surface area contributed by atoms with Crippen molar-refractivity contribution in [2.24, 2.45) is 5.92 Å². The molecular formula is C29H33N3O5S2. The van der Waals surface area contributed by atoms with Gasteiger partial charge in [0, 0.05) is 18.7 Å². The van der Waals surface area contributed by atoms with Gasteiger partial charge in [-0.05, 0) is 54.3 Å². The van der Waals surface area contributed by atoms with Gasteiger partial charge in [-0.1, -0.05) is 56.7 Å². The molecule has 0 aliphatic rings. The van der Waals surface area contributed by atoms with Gasteiger partial charge in [-0.3, -0.25) is 4.79 Å². The Hall–Kier alpha value is -3.31. The first-order chi connectivity index (χ1) is 18.7. The average molecular weight is 568 g/mol. The first-order valence-electron chi connectivity index (χ1n) is 12.8. The van der Waals surface area contributed by atoms with Crippen molar-refractivity contribution in [2.45, 2.75) is 43.7 Å². The summed E-state index contributed by atoms with van der Waals surface area (Å²) in [7, 11) is -3.96. The first-order valence-corrected chi connectivity index (χ1v) is 15.1. The predicted octanol–water partition coefficient (Wildman–Crippen LogP) is 4.44. The zero-order valence-electron chi connectivity index (χ0n) is 21.9. The largest absolute Gasteiger partial charge is 0.508 e. The quantitative estimate of drug-likeness (QED) is 0.233. The van der Waals surface area contributed by atoms with Crippen LogP contribution in [0.1, 0.15) is 36.2 Å². The number of aliphatic hydroxyl groups excluding tert-OH is 1. The van der Waals surface area contributed by atoms with Crippen LogP contribution < -0.4 is 5.32 Å². The maximum Gasteiger partial charge on any atom is 0.251 e. The molecule has 4 rings (SSSR count). The maximum absolute atomic E-state index is 13.8. The van der Waals surface area contributed by atoms with Crippen LogP contribution in [0.4, 0.5) is 0 Å². The molecule has 206 valence electrons. The van der Waals surface area contributed by atoms with Gasteiger partial charge in [-0.25, -0.2) is 13.4 Å². The van der Waals surface area contributed by atoms with Crippen LogP contribution in [0.25, 0.3) is 10.2 Å². The van der Waals surface area contributed by atoms with Crippen LogP contribution in [-0.2, 0) is 16.4 Å². The summed E-state index contributed by atoms with van der Waals surface area (Å²) in [4.78, 5) is 17.4. The number of sulfonamides is 1. The smallest absolute Gasteiger partial charge is 0.251 e. The molecule has 0 bridgehead atoms. The summed E-state index contributed by atoms with van der Waals surface area (Å²) in [6.45, 7) is 3.97. The summed E-state index contributed by atoms with van der Waals surface area (Å²) in [5, 5.41) is 24.1. The number of nitrogens with zero attached hydrogens (tertiary/aromatic N) is 2. The van der Waals surface area contributed by atoms with Crippen LogP contribution in [0, 0.1) is 5.92 Å². The Kier molecular flexibility index (Phi) is 9.34. The molecule has 0 saturated carbocycles. The van der Waals surface area contributed by atoms with Gasteiger partial charge >= 0.3 is 0 Å². The number of nitrogens with one attached hydrogen (secondary N) is 1. The molecule has 0 saturated heterocycles. The van der Waals surface area contributed by atoms with Gasteiger partial charge in [-0.2, -0.15) is 4.31 Å². The van der Waals surface area contributed by atoms with Crippen LogP contribution in [0.3, 0.4) is 0 Å². The Morgan fingerprint density at radius 3 is 2.54 bits per heavy atom. The molecule has 0 fully saturated rings. The SMILES string of the molecule is CCC(C)CN(CC(O)C(Cc1ccccc1)NC(=O)c1cccc(O)c1)S(=O)(=O)c1ccc2ncsc2c1. The van der Waals surface area contributed by atoms with Gasteiger partial charge in [0.1, 0.15) is 5.75 Å². The van der Waals surface area contributed by atoms with Crippen molar-refractivity contribution in [1.29, 1.82) is 0 Å². The van der Waals surface area contributed by atoms with E-state index in [1.54, 1.807) is 35.8 Å². The normalized spacial score (nSPS) is 14.3. The number of hydrogen-bond donors (Lipinski definition) is 3. The number of thiazole rings is 1. The number of carbonyl (C=O) groups is 1. The molecule has 3 N–H and O–H groups in total. The lowest BCUT2D eigenvalue weighted by Crippen LogP contribution is -2.51. The molecule has 1 amide bonds. The van der Waals surface area contributed by atoms with Crippen molar-refractivity contribution in [3.8, 4) is 5.75 Å². The van der Waals surface area contributed by atoms with Gasteiger partial charge in [0.15, 0.2) is 0 Å². The van der Waals surface area contributed by atoms with Crippen LogP contribution >= 0.6 is 11.3 Å². The van der Waals surface area contributed by atoms with Crippen molar-refractivity contribution < 1.29 is 23.4 Å². The minimum Gasteiger partial charge on any atom is -0.508 e. The molecule has 4 aromatic rings. The topological polar surface area (TPSA) is 120 Å². The number of rotatable bonds is 12. The first kappa shape index (κ1) is 28.7. The lowest BCUT2D eigenvalue weighted by atomic mass is 10.00. The second-order valence-corrected chi connectivity index (χ2v) is 12.5. The van der Waals surface area contributed by atoms with Gasteiger partial charge in [0.05, 0.1) is 32.8 Å². The molecule has 0 aliphatic heterocycles. The third-order valence-corrected chi connectivity index (χ3v) is 9.35. The van der Waals surface area contributed by atoms with E-state index in [2.05, 4.69) is 10.3 Å². The van der Waals surface area contributed by atoms with Crippen LogP contribution in [0.2, 0.25) is 0 Å². The molecule has 3 atom stereocenters. The van der Waals surface area contributed by atoms with Crippen molar-refractivity contribution in [3.05, 3.63) is 89.4 Å². The zero-order chi connectivity index (χ0) is 28.0. The minimum atomic E-state index is -3.96. The molecule has 8 nitrogen and oxygen atoms in total. The standard InChI is InChI=1S/C29H33N3O5S2/c1-3-20(2)17-32(39(36,37)24-12-13-25-28(16-24)38-19-30-25)18-27(34)26(14-21-8-5-4-6-9-21)31-29(35)22-10-7-11-23(33)15-22/h4-13,15-16,19-20,26-27,33-34H,3,14,17-18H2,1-2H3,(H,31,35). The lowest BCUT2D eigenvalue weighted by molar-refractivity contribution is 0.0773. The lowest BCUT2D eigenvalue weighted by Gasteiger charge is -2.31. The Morgan fingerprint density at radius 1 is 1.05 bits per heavy atom. The summed E-state index contributed by atoms with van der Waals surface area (Å²) in [5.74, 6) is -0.474. The fourth-order valence-electron chi connectivity index (χ4n) is 4.28. The van der Waals surface area contributed by atoms with Crippen molar-refractivity contribution >= 4 is 37.5 Å². The van der Waals surface area contributed by atoms with E-state index in [1.165, 1.54) is 27.8 Å². The molecule has 0 aliphatic carbocycles. The molecule has 0 radical (unpaired) electrons. The number of carbonyl (C=O) groups excluding carboxylic acids is 1. The molecule has 39 heavy (non-hydrogen) atoms. The highest BCUT2D eigenvalue weighted by atomic mass is 32.2. The summed E-state index contributed by atoms with van der Waals surface area (Å²) in [6, 6.07) is 19.4. The number of fused-ring (bicyclic) bond motifs is 1. The fourth-order valence-corrected chi connectivity index (χ4v) is 6.67. The van der Waals surface area contributed by atoms with E-state index in [-0.39, 0.29) is 41.6 Å². The number of aliphatic hydroxyl groups is 1. The van der Waals surface area contributed by atoms with Crippen LogP contribution in [-0.4, -0.2) is 59.1 Å². The zero-order valence-corrected chi connectivity index (χ0v) is 23.5. The molecule has 1 aromatic heterocycles. The van der Waals surface area contributed by atoms with Crippen molar-refractivity contribution in [2.75, 3.05) is 13.1 Å². The second kappa shape index (κ2) is 12.7. The fraction of sp³-hybridized carbons (Fsp3) is 0.310. The highest BCUT2D eigenvalue weighted by Gasteiger charge is 2.32. The molecule has 3 aromatic carbocycles. The van der Waals surface area contributed by atoms with E-state index in [9.17, 15) is 23.4 Å². The average Bonchev–Trinajstić information content (AvgIpc) is 3.41. The maximum atomic E-state index is 13.8. The third kappa shape index (κ3) is 7.21. The van der Waals surface area contributed by atoms with E-state index in [1.807, 2.05) is 44.2 Å². The summed E-state index contributed by atoms with van der Waals surface area (Å²) in [6.07, 6.45) is -0.161. The Morgan fingerprint density at radius 2 is 1.82 bits per heavy atom. The molecular weight excluding hydrogens is 534 g/mol. The monoisotopic (exact) mass is 567 g/mol.